The SMILES string of the molecule is COc1cccc(S(=O)(=O)N2CC(CN3C(=O)COC3=O)C2)c1. The van der Waals surface area contributed by atoms with Crippen molar-refractivity contribution in [1.82, 2.24) is 9.21 Å². The van der Waals surface area contributed by atoms with Crippen molar-refractivity contribution in [2.75, 3.05) is 33.4 Å². The third-order valence-electron chi connectivity index (χ3n) is 3.88. The first kappa shape index (κ1) is 15.8. The molecule has 0 aliphatic carbocycles. The zero-order chi connectivity index (χ0) is 16.6. The zero-order valence-corrected chi connectivity index (χ0v) is 13.3. The largest absolute Gasteiger partial charge is 0.497 e. The van der Waals surface area contributed by atoms with E-state index in [-0.39, 0.29) is 43.0 Å². The van der Waals surface area contributed by atoms with E-state index in [2.05, 4.69) is 4.74 Å². The number of amides is 2. The van der Waals surface area contributed by atoms with Crippen LogP contribution in [0.3, 0.4) is 0 Å². The molecule has 1 aromatic rings. The third-order valence-corrected chi connectivity index (χ3v) is 5.71. The summed E-state index contributed by atoms with van der Waals surface area (Å²) in [6, 6.07) is 6.25. The summed E-state index contributed by atoms with van der Waals surface area (Å²) in [6.45, 7) is 0.465. The molecule has 124 valence electrons. The minimum absolute atomic E-state index is 0.0787. The number of carbonyl (C=O) groups excluding carboxylic acids is 2. The first-order valence-corrected chi connectivity index (χ1v) is 8.47. The molecule has 2 aliphatic rings. The van der Waals surface area contributed by atoms with Gasteiger partial charge < -0.3 is 9.47 Å². The smallest absolute Gasteiger partial charge is 0.417 e. The van der Waals surface area contributed by atoms with Gasteiger partial charge in [-0.2, -0.15) is 4.31 Å². The average molecular weight is 340 g/mol. The molecule has 2 heterocycles. The number of cyclic esters (lactones) is 1. The van der Waals surface area contributed by atoms with Crippen LogP contribution in [0, 0.1) is 5.92 Å². The Balaban J connectivity index is 1.64. The van der Waals surface area contributed by atoms with Crippen LogP contribution in [-0.4, -0.2) is 63.0 Å². The lowest BCUT2D eigenvalue weighted by Gasteiger charge is -2.39. The van der Waals surface area contributed by atoms with Crippen LogP contribution in [0.1, 0.15) is 0 Å². The normalized spacial score (nSPS) is 19.6. The van der Waals surface area contributed by atoms with Crippen molar-refractivity contribution in [2.45, 2.75) is 4.90 Å². The van der Waals surface area contributed by atoms with Gasteiger partial charge in [0.25, 0.3) is 5.91 Å². The second-order valence-corrected chi connectivity index (χ2v) is 7.36. The van der Waals surface area contributed by atoms with E-state index in [0.29, 0.717) is 5.75 Å². The van der Waals surface area contributed by atoms with Crippen molar-refractivity contribution in [1.29, 1.82) is 0 Å². The van der Waals surface area contributed by atoms with Crippen LogP contribution in [0.15, 0.2) is 29.2 Å². The van der Waals surface area contributed by atoms with Gasteiger partial charge in [-0.15, -0.1) is 0 Å². The van der Waals surface area contributed by atoms with Crippen molar-refractivity contribution >= 4 is 22.0 Å². The van der Waals surface area contributed by atoms with E-state index in [1.165, 1.54) is 23.5 Å². The molecular weight excluding hydrogens is 324 g/mol. The van der Waals surface area contributed by atoms with Gasteiger partial charge in [-0.3, -0.25) is 4.79 Å². The summed E-state index contributed by atoms with van der Waals surface area (Å²) in [6.07, 6.45) is -0.663. The summed E-state index contributed by atoms with van der Waals surface area (Å²) in [4.78, 5) is 24.0. The Labute approximate surface area is 133 Å². The lowest BCUT2D eigenvalue weighted by atomic mass is 10.0. The number of ether oxygens (including phenoxy) is 2. The van der Waals surface area contributed by atoms with Gasteiger partial charge >= 0.3 is 6.09 Å². The second-order valence-electron chi connectivity index (χ2n) is 5.43. The van der Waals surface area contributed by atoms with Crippen LogP contribution in [-0.2, 0) is 19.6 Å². The van der Waals surface area contributed by atoms with Crippen LogP contribution in [0.25, 0.3) is 0 Å². The summed E-state index contributed by atoms with van der Waals surface area (Å²) in [5.74, 6) is 0.00245. The number of hydrogen-bond acceptors (Lipinski definition) is 6. The highest BCUT2D eigenvalue weighted by Crippen LogP contribution is 2.28. The number of sulfonamides is 1. The molecule has 0 bridgehead atoms. The fourth-order valence-electron chi connectivity index (χ4n) is 2.56. The van der Waals surface area contributed by atoms with Gasteiger partial charge in [-0.05, 0) is 12.1 Å². The Morgan fingerprint density at radius 2 is 2.04 bits per heavy atom. The van der Waals surface area contributed by atoms with E-state index in [0.717, 1.165) is 4.90 Å². The van der Waals surface area contributed by atoms with Crippen molar-refractivity contribution < 1.29 is 27.5 Å². The molecule has 0 atom stereocenters. The first-order chi connectivity index (χ1) is 10.9. The van der Waals surface area contributed by atoms with E-state index >= 15 is 0 Å². The molecule has 2 aliphatic heterocycles. The molecular formula is C14H16N2O6S. The third kappa shape index (κ3) is 2.89. The highest BCUT2D eigenvalue weighted by atomic mass is 32.2. The molecule has 1 aromatic carbocycles. The molecule has 3 rings (SSSR count). The van der Waals surface area contributed by atoms with E-state index in [1.807, 2.05) is 0 Å². The number of methoxy groups -OCH3 is 1. The molecule has 2 saturated heterocycles. The van der Waals surface area contributed by atoms with Crippen molar-refractivity contribution in [2.24, 2.45) is 5.92 Å². The van der Waals surface area contributed by atoms with E-state index < -0.39 is 16.1 Å². The fourth-order valence-corrected chi connectivity index (χ4v) is 4.19. The van der Waals surface area contributed by atoms with Crippen LogP contribution in [0.4, 0.5) is 4.79 Å². The number of carbonyl (C=O) groups is 2. The Morgan fingerprint density at radius 1 is 1.30 bits per heavy atom. The zero-order valence-electron chi connectivity index (χ0n) is 12.5. The molecule has 0 unspecified atom stereocenters. The Kier molecular flexibility index (Phi) is 3.99. The lowest BCUT2D eigenvalue weighted by Crippen LogP contribution is -2.54. The number of rotatable bonds is 5. The van der Waals surface area contributed by atoms with E-state index in [9.17, 15) is 18.0 Å². The van der Waals surface area contributed by atoms with Crippen LogP contribution in [0.2, 0.25) is 0 Å². The second kappa shape index (κ2) is 5.82. The molecule has 0 aromatic heterocycles. The summed E-state index contributed by atoms with van der Waals surface area (Å²) >= 11 is 0. The van der Waals surface area contributed by atoms with Crippen molar-refractivity contribution in [3.63, 3.8) is 0 Å². The first-order valence-electron chi connectivity index (χ1n) is 7.03. The monoisotopic (exact) mass is 340 g/mol. The summed E-state index contributed by atoms with van der Waals surface area (Å²) < 4.78 is 36.0. The van der Waals surface area contributed by atoms with Gasteiger partial charge in [0, 0.05) is 31.6 Å². The molecule has 0 radical (unpaired) electrons. The maximum absolute atomic E-state index is 12.5. The molecule has 8 nitrogen and oxygen atoms in total. The van der Waals surface area contributed by atoms with Gasteiger partial charge in [0.2, 0.25) is 10.0 Å². The van der Waals surface area contributed by atoms with Gasteiger partial charge in [-0.1, -0.05) is 6.07 Å². The van der Waals surface area contributed by atoms with E-state index in [4.69, 9.17) is 4.74 Å². The molecule has 0 spiro atoms. The summed E-state index contributed by atoms with van der Waals surface area (Å²) in [5.41, 5.74) is 0. The highest BCUT2D eigenvalue weighted by Gasteiger charge is 2.41. The van der Waals surface area contributed by atoms with E-state index in [1.54, 1.807) is 12.1 Å². The number of hydrogen-bond donors (Lipinski definition) is 0. The predicted octanol–water partition coefficient (Wildman–Crippen LogP) is 0.294. The highest BCUT2D eigenvalue weighted by molar-refractivity contribution is 7.89. The van der Waals surface area contributed by atoms with Crippen LogP contribution < -0.4 is 4.74 Å². The number of nitrogens with zero attached hydrogens (tertiary/aromatic N) is 2. The molecule has 0 saturated carbocycles. The molecule has 23 heavy (non-hydrogen) atoms. The van der Waals surface area contributed by atoms with Crippen LogP contribution in [0.5, 0.6) is 5.75 Å². The quantitative estimate of drug-likeness (QED) is 0.765. The molecule has 2 fully saturated rings. The Morgan fingerprint density at radius 3 is 2.65 bits per heavy atom. The van der Waals surface area contributed by atoms with Gasteiger partial charge in [-0.25, -0.2) is 18.1 Å². The topological polar surface area (TPSA) is 93.2 Å². The number of imide groups is 1. The minimum Gasteiger partial charge on any atom is -0.497 e. The van der Waals surface area contributed by atoms with Crippen molar-refractivity contribution in [3.8, 4) is 5.75 Å². The standard InChI is InChI=1S/C14H16N2O6S/c1-21-11-3-2-4-12(5-11)23(19,20)15-6-10(7-15)8-16-13(17)9-22-14(16)18/h2-5,10H,6-9H2,1H3. The Bertz CT molecular complexity index is 725. The van der Waals surface area contributed by atoms with Gasteiger partial charge in [0.15, 0.2) is 6.61 Å². The minimum atomic E-state index is -3.59. The summed E-state index contributed by atoms with van der Waals surface area (Å²) in [5, 5.41) is 0. The maximum atomic E-state index is 12.5. The predicted molar refractivity (Wildman–Crippen MR) is 78.3 cm³/mol. The molecule has 9 heteroatoms. The molecule has 0 N–H and O–H groups in total. The Hall–Kier alpha value is -2.13. The van der Waals surface area contributed by atoms with Crippen molar-refractivity contribution in [3.05, 3.63) is 24.3 Å². The summed E-state index contributed by atoms with van der Waals surface area (Å²) in [7, 11) is -2.12. The van der Waals surface area contributed by atoms with Gasteiger partial charge in [0.1, 0.15) is 5.75 Å². The van der Waals surface area contributed by atoms with Gasteiger partial charge in [0.05, 0.1) is 12.0 Å². The van der Waals surface area contributed by atoms with Crippen LogP contribution >= 0.6 is 0 Å². The lowest BCUT2D eigenvalue weighted by molar-refractivity contribution is -0.126. The maximum Gasteiger partial charge on any atom is 0.417 e. The number of benzene rings is 1. The average Bonchev–Trinajstić information content (AvgIpc) is 2.81. The molecule has 2 amide bonds. The fraction of sp³-hybridized carbons (Fsp3) is 0.429.